The molecule has 1 saturated heterocycles. The van der Waals surface area contributed by atoms with Crippen molar-refractivity contribution >= 4 is 17.3 Å². The van der Waals surface area contributed by atoms with E-state index in [1.54, 1.807) is 0 Å². The summed E-state index contributed by atoms with van der Waals surface area (Å²) in [6.07, 6.45) is 1.80. The second-order valence-corrected chi connectivity index (χ2v) is 5.64. The smallest absolute Gasteiger partial charge is 0.292 e. The van der Waals surface area contributed by atoms with Crippen molar-refractivity contribution in [3.63, 3.8) is 0 Å². The van der Waals surface area contributed by atoms with E-state index in [1.165, 1.54) is 18.2 Å². The number of anilines is 1. The van der Waals surface area contributed by atoms with Crippen molar-refractivity contribution in [2.45, 2.75) is 19.8 Å². The Kier molecular flexibility index (Phi) is 4.42. The zero-order valence-corrected chi connectivity index (χ0v) is 11.9. The van der Waals surface area contributed by atoms with E-state index in [9.17, 15) is 14.9 Å². The average Bonchev–Trinajstić information content (AvgIpc) is 2.45. The monoisotopic (exact) mass is 293 g/mol. The highest BCUT2D eigenvalue weighted by atomic mass is 16.6. The van der Waals surface area contributed by atoms with E-state index in [2.05, 4.69) is 12.2 Å². The fraction of sp³-hybridized carbons (Fsp3) is 0.500. The summed E-state index contributed by atoms with van der Waals surface area (Å²) in [6, 6.07) is 4.00. The maximum atomic E-state index is 12.1. The molecule has 1 aromatic rings. The van der Waals surface area contributed by atoms with Gasteiger partial charge in [-0.25, -0.2) is 0 Å². The summed E-state index contributed by atoms with van der Waals surface area (Å²) < 4.78 is 5.31. The van der Waals surface area contributed by atoms with Crippen LogP contribution in [0.1, 0.15) is 30.1 Å². The molecule has 114 valence electrons. The average molecular weight is 293 g/mol. The van der Waals surface area contributed by atoms with Gasteiger partial charge in [0, 0.05) is 31.4 Å². The minimum absolute atomic E-state index is 0.00933. The van der Waals surface area contributed by atoms with Gasteiger partial charge in [-0.3, -0.25) is 14.9 Å². The van der Waals surface area contributed by atoms with E-state index in [0.29, 0.717) is 25.3 Å². The van der Waals surface area contributed by atoms with Crippen LogP contribution in [0.3, 0.4) is 0 Å². The highest BCUT2D eigenvalue weighted by Crippen LogP contribution is 2.29. The molecule has 3 N–H and O–H groups in total. The van der Waals surface area contributed by atoms with Crippen molar-refractivity contribution < 1.29 is 14.5 Å². The molecule has 0 aromatic heterocycles. The van der Waals surface area contributed by atoms with E-state index in [0.717, 1.165) is 12.8 Å². The van der Waals surface area contributed by atoms with E-state index in [1.807, 2.05) is 0 Å². The normalized spacial score (nSPS) is 17.2. The van der Waals surface area contributed by atoms with Gasteiger partial charge in [0.05, 0.1) is 4.92 Å². The Morgan fingerprint density at radius 1 is 1.48 bits per heavy atom. The summed E-state index contributed by atoms with van der Waals surface area (Å²) in [5, 5.41) is 13.6. The van der Waals surface area contributed by atoms with Crippen LogP contribution in [0.2, 0.25) is 0 Å². The first-order valence-electron chi connectivity index (χ1n) is 6.81. The van der Waals surface area contributed by atoms with E-state index >= 15 is 0 Å². The van der Waals surface area contributed by atoms with Crippen LogP contribution in [0.4, 0.5) is 11.4 Å². The number of hydrogen-bond donors (Lipinski definition) is 2. The molecule has 21 heavy (non-hydrogen) atoms. The molecule has 1 heterocycles. The van der Waals surface area contributed by atoms with Gasteiger partial charge < -0.3 is 15.8 Å². The molecule has 1 aromatic carbocycles. The van der Waals surface area contributed by atoms with Gasteiger partial charge >= 0.3 is 0 Å². The van der Waals surface area contributed by atoms with Gasteiger partial charge in [-0.05, 0) is 30.4 Å². The number of nitro benzene ring substituents is 1. The van der Waals surface area contributed by atoms with Gasteiger partial charge in [0.1, 0.15) is 5.69 Å². The van der Waals surface area contributed by atoms with Crippen LogP contribution in [0.25, 0.3) is 0 Å². The number of hydrogen-bond acceptors (Lipinski definition) is 5. The lowest BCUT2D eigenvalue weighted by Crippen LogP contribution is -2.39. The minimum atomic E-state index is -0.569. The van der Waals surface area contributed by atoms with Crippen LogP contribution in [-0.4, -0.2) is 30.6 Å². The molecule has 1 amide bonds. The fourth-order valence-corrected chi connectivity index (χ4v) is 2.30. The van der Waals surface area contributed by atoms with Gasteiger partial charge in [0.15, 0.2) is 0 Å². The second kappa shape index (κ2) is 6.09. The SMILES string of the molecule is CC1(CNC(=O)c2ccc([N+](=O)[O-])c(N)c2)CCOCC1. The predicted molar refractivity (Wildman–Crippen MR) is 78.0 cm³/mol. The molecule has 0 aliphatic carbocycles. The summed E-state index contributed by atoms with van der Waals surface area (Å²) >= 11 is 0. The van der Waals surface area contributed by atoms with Gasteiger partial charge in [-0.1, -0.05) is 6.92 Å². The Morgan fingerprint density at radius 3 is 2.71 bits per heavy atom. The summed E-state index contributed by atoms with van der Waals surface area (Å²) in [5.41, 5.74) is 5.74. The topological polar surface area (TPSA) is 107 Å². The van der Waals surface area contributed by atoms with Crippen molar-refractivity contribution in [2.24, 2.45) is 5.41 Å². The largest absolute Gasteiger partial charge is 0.393 e. The minimum Gasteiger partial charge on any atom is -0.393 e. The molecule has 0 saturated carbocycles. The maximum absolute atomic E-state index is 12.1. The number of nitrogens with one attached hydrogen (secondary N) is 1. The zero-order valence-electron chi connectivity index (χ0n) is 11.9. The first kappa shape index (κ1) is 15.2. The summed E-state index contributed by atoms with van der Waals surface area (Å²) in [7, 11) is 0. The van der Waals surface area contributed by atoms with E-state index in [-0.39, 0.29) is 22.7 Å². The van der Waals surface area contributed by atoms with Gasteiger partial charge in [-0.15, -0.1) is 0 Å². The lowest BCUT2D eigenvalue weighted by Gasteiger charge is -2.33. The maximum Gasteiger partial charge on any atom is 0.292 e. The molecular weight excluding hydrogens is 274 g/mol. The lowest BCUT2D eigenvalue weighted by molar-refractivity contribution is -0.383. The molecule has 0 radical (unpaired) electrons. The Morgan fingerprint density at radius 2 is 2.14 bits per heavy atom. The van der Waals surface area contributed by atoms with Gasteiger partial charge in [-0.2, -0.15) is 0 Å². The molecule has 7 heteroatoms. The number of amides is 1. The van der Waals surface area contributed by atoms with Crippen LogP contribution in [0, 0.1) is 15.5 Å². The number of nitrogen functional groups attached to an aromatic ring is 1. The second-order valence-electron chi connectivity index (χ2n) is 5.64. The number of nitrogens with two attached hydrogens (primary N) is 1. The van der Waals surface area contributed by atoms with Crippen LogP contribution >= 0.6 is 0 Å². The first-order valence-corrected chi connectivity index (χ1v) is 6.81. The van der Waals surface area contributed by atoms with Gasteiger partial charge in [0.25, 0.3) is 11.6 Å². The number of nitro groups is 1. The van der Waals surface area contributed by atoms with Crippen molar-refractivity contribution in [2.75, 3.05) is 25.5 Å². The molecule has 0 unspecified atom stereocenters. The summed E-state index contributed by atoms with van der Waals surface area (Å²) in [6.45, 7) is 4.07. The number of carbonyl (C=O) groups excluding carboxylic acids is 1. The van der Waals surface area contributed by atoms with Crippen molar-refractivity contribution in [1.29, 1.82) is 0 Å². The number of ether oxygens (including phenoxy) is 1. The third kappa shape index (κ3) is 3.69. The predicted octanol–water partition coefficient (Wildman–Crippen LogP) is 1.72. The number of carbonyl (C=O) groups is 1. The van der Waals surface area contributed by atoms with Gasteiger partial charge in [0.2, 0.25) is 0 Å². The molecule has 0 spiro atoms. The van der Waals surface area contributed by atoms with Crippen LogP contribution in [0.5, 0.6) is 0 Å². The molecule has 2 rings (SSSR count). The third-order valence-corrected chi connectivity index (χ3v) is 3.86. The highest BCUT2D eigenvalue weighted by Gasteiger charge is 2.28. The standard InChI is InChI=1S/C14H19N3O4/c1-14(4-6-21-7-5-14)9-16-13(18)10-2-3-12(17(19)20)11(15)8-10/h2-3,8H,4-7,9,15H2,1H3,(H,16,18). The molecular formula is C14H19N3O4. The van der Waals surface area contributed by atoms with Crippen molar-refractivity contribution in [3.8, 4) is 0 Å². The highest BCUT2D eigenvalue weighted by molar-refractivity contribution is 5.95. The van der Waals surface area contributed by atoms with Crippen LogP contribution < -0.4 is 11.1 Å². The third-order valence-electron chi connectivity index (χ3n) is 3.86. The number of rotatable bonds is 4. The lowest BCUT2D eigenvalue weighted by atomic mass is 9.82. The molecule has 1 fully saturated rings. The molecule has 1 aliphatic rings. The van der Waals surface area contributed by atoms with Crippen molar-refractivity contribution in [3.05, 3.63) is 33.9 Å². The molecule has 7 nitrogen and oxygen atoms in total. The zero-order chi connectivity index (χ0) is 15.5. The van der Waals surface area contributed by atoms with E-state index in [4.69, 9.17) is 10.5 Å². The molecule has 1 aliphatic heterocycles. The Labute approximate surface area is 122 Å². The van der Waals surface area contributed by atoms with E-state index < -0.39 is 4.92 Å². The Balaban J connectivity index is 2.00. The summed E-state index contributed by atoms with van der Waals surface area (Å²) in [4.78, 5) is 22.2. The number of benzene rings is 1. The fourth-order valence-electron chi connectivity index (χ4n) is 2.30. The quantitative estimate of drug-likeness (QED) is 0.499. The van der Waals surface area contributed by atoms with Crippen LogP contribution in [0.15, 0.2) is 18.2 Å². The number of nitrogens with zero attached hydrogens (tertiary/aromatic N) is 1. The van der Waals surface area contributed by atoms with Crippen LogP contribution in [-0.2, 0) is 4.74 Å². The Bertz CT molecular complexity index is 553. The van der Waals surface area contributed by atoms with Crippen molar-refractivity contribution in [1.82, 2.24) is 5.32 Å². The Hall–Kier alpha value is -2.15. The summed E-state index contributed by atoms with van der Waals surface area (Å²) in [5.74, 6) is -0.274. The molecule has 0 atom stereocenters. The first-order chi connectivity index (χ1) is 9.91. The molecule has 0 bridgehead atoms.